The molecule has 1 saturated heterocycles. The number of aromatic nitrogens is 1. The van der Waals surface area contributed by atoms with Crippen molar-refractivity contribution in [1.82, 2.24) is 9.88 Å². The first-order valence-electron chi connectivity index (χ1n) is 6.11. The van der Waals surface area contributed by atoms with Crippen LogP contribution in [-0.2, 0) is 6.54 Å². The Morgan fingerprint density at radius 1 is 1.59 bits per heavy atom. The van der Waals surface area contributed by atoms with Crippen LogP contribution in [0.25, 0.3) is 0 Å². The number of nitrogens with zero attached hydrogens (tertiary/aromatic N) is 3. The summed E-state index contributed by atoms with van der Waals surface area (Å²) < 4.78 is 0. The van der Waals surface area contributed by atoms with Crippen molar-refractivity contribution in [2.24, 2.45) is 16.6 Å². The predicted octanol–water partition coefficient (Wildman–Crippen LogP) is 2.00. The van der Waals surface area contributed by atoms with E-state index in [9.17, 15) is 0 Å². The third-order valence-electron chi connectivity index (χ3n) is 3.15. The number of hydrogen-bond donors (Lipinski definition) is 1. The molecular weight excluding hydrogens is 232 g/mol. The standard InChI is InChI=1S/C12H20N4S/c1-9-3-5-16(6-4-9)12(13)15-8-11-14-7-10(2)17-11/h7,9H,3-6,8H2,1-2H3,(H2,13,15). The van der Waals surface area contributed by atoms with Crippen LogP contribution in [0, 0.1) is 12.8 Å². The number of piperidine rings is 1. The molecule has 1 aromatic rings. The molecule has 0 unspecified atom stereocenters. The maximum Gasteiger partial charge on any atom is 0.191 e. The first-order chi connectivity index (χ1) is 8.15. The van der Waals surface area contributed by atoms with Gasteiger partial charge in [0.1, 0.15) is 5.01 Å². The molecule has 0 atom stereocenters. The molecule has 1 fully saturated rings. The number of aliphatic imine (C=N–C) groups is 1. The molecular formula is C12H20N4S. The van der Waals surface area contributed by atoms with Crippen molar-refractivity contribution in [2.45, 2.75) is 33.2 Å². The Morgan fingerprint density at radius 3 is 2.88 bits per heavy atom. The molecule has 1 aromatic heterocycles. The number of rotatable bonds is 2. The fourth-order valence-corrected chi connectivity index (χ4v) is 2.67. The summed E-state index contributed by atoms with van der Waals surface area (Å²) in [5, 5.41) is 1.04. The van der Waals surface area contributed by atoms with Crippen molar-refractivity contribution in [3.63, 3.8) is 0 Å². The number of thiazole rings is 1. The molecule has 0 saturated carbocycles. The fourth-order valence-electron chi connectivity index (χ4n) is 1.96. The van der Waals surface area contributed by atoms with E-state index in [2.05, 4.69) is 28.7 Å². The molecule has 2 heterocycles. The predicted molar refractivity (Wildman–Crippen MR) is 72.1 cm³/mol. The zero-order valence-electron chi connectivity index (χ0n) is 10.5. The molecule has 0 bridgehead atoms. The Hall–Kier alpha value is -1.10. The van der Waals surface area contributed by atoms with Crippen molar-refractivity contribution in [3.8, 4) is 0 Å². The minimum absolute atomic E-state index is 0.608. The molecule has 94 valence electrons. The summed E-state index contributed by atoms with van der Waals surface area (Å²) in [6, 6.07) is 0. The van der Waals surface area contributed by atoms with E-state index in [1.165, 1.54) is 17.7 Å². The van der Waals surface area contributed by atoms with E-state index in [1.54, 1.807) is 11.3 Å². The Bertz CT molecular complexity index is 391. The van der Waals surface area contributed by atoms with Crippen molar-refractivity contribution in [3.05, 3.63) is 16.1 Å². The van der Waals surface area contributed by atoms with Crippen molar-refractivity contribution in [1.29, 1.82) is 0 Å². The van der Waals surface area contributed by atoms with Gasteiger partial charge in [0.05, 0.1) is 6.54 Å². The van der Waals surface area contributed by atoms with Crippen molar-refractivity contribution >= 4 is 17.3 Å². The first-order valence-corrected chi connectivity index (χ1v) is 6.93. The Balaban J connectivity index is 1.88. The smallest absolute Gasteiger partial charge is 0.191 e. The highest BCUT2D eigenvalue weighted by Crippen LogP contribution is 2.16. The first kappa shape index (κ1) is 12.4. The minimum atomic E-state index is 0.608. The zero-order chi connectivity index (χ0) is 12.3. The lowest BCUT2D eigenvalue weighted by atomic mass is 10.00. The van der Waals surface area contributed by atoms with Crippen molar-refractivity contribution < 1.29 is 0 Å². The highest BCUT2D eigenvalue weighted by molar-refractivity contribution is 7.11. The van der Waals surface area contributed by atoms with Crippen LogP contribution in [-0.4, -0.2) is 28.9 Å². The van der Waals surface area contributed by atoms with Crippen LogP contribution in [0.2, 0.25) is 0 Å². The monoisotopic (exact) mass is 252 g/mol. The summed E-state index contributed by atoms with van der Waals surface area (Å²) >= 11 is 1.68. The van der Waals surface area contributed by atoms with Crippen LogP contribution in [0.5, 0.6) is 0 Å². The van der Waals surface area contributed by atoms with Crippen LogP contribution in [0.1, 0.15) is 29.7 Å². The molecule has 2 rings (SSSR count). The van der Waals surface area contributed by atoms with Crippen molar-refractivity contribution in [2.75, 3.05) is 13.1 Å². The average Bonchev–Trinajstić information content (AvgIpc) is 2.73. The lowest BCUT2D eigenvalue weighted by Gasteiger charge is -2.30. The summed E-state index contributed by atoms with van der Waals surface area (Å²) in [4.78, 5) is 12.1. The number of guanidine groups is 1. The van der Waals surface area contributed by atoms with Gasteiger partial charge in [-0.05, 0) is 25.7 Å². The second-order valence-corrected chi connectivity index (χ2v) is 6.03. The number of nitrogens with two attached hydrogens (primary N) is 1. The summed E-state index contributed by atoms with van der Waals surface area (Å²) in [7, 11) is 0. The van der Waals surface area contributed by atoms with E-state index in [0.29, 0.717) is 12.5 Å². The van der Waals surface area contributed by atoms with Gasteiger partial charge in [0.15, 0.2) is 5.96 Å². The van der Waals surface area contributed by atoms with E-state index in [0.717, 1.165) is 24.0 Å². The summed E-state index contributed by atoms with van der Waals surface area (Å²) in [6.45, 7) is 7.03. The van der Waals surface area contributed by atoms with E-state index < -0.39 is 0 Å². The van der Waals surface area contributed by atoms with Crippen LogP contribution in [0.3, 0.4) is 0 Å². The molecule has 0 radical (unpaired) electrons. The largest absolute Gasteiger partial charge is 0.370 e. The van der Waals surface area contributed by atoms with E-state index in [1.807, 2.05) is 6.20 Å². The number of likely N-dealkylation sites (tertiary alicyclic amines) is 1. The van der Waals surface area contributed by atoms with Gasteiger partial charge in [0.2, 0.25) is 0 Å². The maximum atomic E-state index is 6.00. The summed E-state index contributed by atoms with van der Waals surface area (Å²) in [5.41, 5.74) is 6.00. The lowest BCUT2D eigenvalue weighted by Crippen LogP contribution is -2.42. The fraction of sp³-hybridized carbons (Fsp3) is 0.667. The number of hydrogen-bond acceptors (Lipinski definition) is 3. The van der Waals surface area contributed by atoms with Gasteiger partial charge in [0, 0.05) is 24.2 Å². The van der Waals surface area contributed by atoms with Gasteiger partial charge >= 0.3 is 0 Å². The average molecular weight is 252 g/mol. The third kappa shape index (κ3) is 3.43. The highest BCUT2D eigenvalue weighted by Gasteiger charge is 2.16. The third-order valence-corrected chi connectivity index (χ3v) is 4.05. The van der Waals surface area contributed by atoms with Gasteiger partial charge in [0.25, 0.3) is 0 Å². The van der Waals surface area contributed by atoms with E-state index in [-0.39, 0.29) is 0 Å². The Kier molecular flexibility index (Phi) is 3.99. The molecule has 5 heteroatoms. The second-order valence-electron chi connectivity index (χ2n) is 4.71. The molecule has 1 aliphatic rings. The van der Waals surface area contributed by atoms with Gasteiger partial charge in [-0.15, -0.1) is 11.3 Å². The lowest BCUT2D eigenvalue weighted by molar-refractivity contribution is 0.277. The molecule has 0 spiro atoms. The Morgan fingerprint density at radius 2 is 2.29 bits per heavy atom. The summed E-state index contributed by atoms with van der Waals surface area (Å²) in [5.74, 6) is 1.49. The normalized spacial score (nSPS) is 18.7. The number of aryl methyl sites for hydroxylation is 1. The van der Waals surface area contributed by atoms with E-state index in [4.69, 9.17) is 5.73 Å². The van der Waals surface area contributed by atoms with Crippen LogP contribution in [0.4, 0.5) is 0 Å². The molecule has 2 N–H and O–H groups in total. The summed E-state index contributed by atoms with van der Waals surface area (Å²) in [6.07, 6.45) is 4.31. The van der Waals surface area contributed by atoms with Crippen LogP contribution >= 0.6 is 11.3 Å². The molecule has 1 aliphatic heterocycles. The van der Waals surface area contributed by atoms with Crippen LogP contribution in [0.15, 0.2) is 11.2 Å². The maximum absolute atomic E-state index is 6.00. The molecule has 0 aromatic carbocycles. The molecule has 17 heavy (non-hydrogen) atoms. The van der Waals surface area contributed by atoms with Gasteiger partial charge in [-0.1, -0.05) is 6.92 Å². The Labute approximate surface area is 107 Å². The van der Waals surface area contributed by atoms with Crippen LogP contribution < -0.4 is 5.73 Å². The second kappa shape index (κ2) is 5.49. The zero-order valence-corrected chi connectivity index (χ0v) is 11.3. The van der Waals surface area contributed by atoms with Gasteiger partial charge < -0.3 is 10.6 Å². The van der Waals surface area contributed by atoms with E-state index >= 15 is 0 Å². The van der Waals surface area contributed by atoms with Gasteiger partial charge in [-0.3, -0.25) is 0 Å². The quantitative estimate of drug-likeness (QED) is 0.647. The van der Waals surface area contributed by atoms with Gasteiger partial charge in [-0.2, -0.15) is 0 Å². The molecule has 4 nitrogen and oxygen atoms in total. The minimum Gasteiger partial charge on any atom is -0.370 e. The topological polar surface area (TPSA) is 54.5 Å². The highest BCUT2D eigenvalue weighted by atomic mass is 32.1. The molecule has 0 amide bonds. The molecule has 0 aliphatic carbocycles. The van der Waals surface area contributed by atoms with Gasteiger partial charge in [-0.25, -0.2) is 9.98 Å². The SMILES string of the molecule is Cc1cnc(CN=C(N)N2CCC(C)CC2)s1.